The van der Waals surface area contributed by atoms with Crippen LogP contribution in [0.1, 0.15) is 148 Å². The fourth-order valence-corrected chi connectivity index (χ4v) is 12.7. The molecule has 1 aliphatic carbocycles. The van der Waals surface area contributed by atoms with Crippen LogP contribution in [-0.2, 0) is 80.1 Å². The van der Waals surface area contributed by atoms with Crippen molar-refractivity contribution in [3.05, 3.63) is 35.4 Å². The molecule has 1 fully saturated rings. The summed E-state index contributed by atoms with van der Waals surface area (Å²) in [7, 11) is 0. The number of rotatable bonds is 50. The number of hydrogen-bond donors (Lipinski definition) is 24. The van der Waals surface area contributed by atoms with E-state index in [9.17, 15) is 72.5 Å². The third-order valence-electron chi connectivity index (χ3n) is 18.9. The maximum atomic E-state index is 15.3. The molecule has 0 radical (unpaired) electrons. The summed E-state index contributed by atoms with van der Waals surface area (Å²) in [5.74, 6) is -16.5. The van der Waals surface area contributed by atoms with Crippen LogP contribution in [0.3, 0.4) is 0 Å². The number of carboxylic acids is 2. The standard InChI is InChI=1S/C69H117N25O16S2/c1-5-36(3)53(92-58(102)42(21-13-25-80-67(73)74)85-51(96)32-83-50(95)31-84-56(100)45(28-38-16-8-7-9-17-38)88-61(105)47(34-111)90-55(99)41(70)20-12-24-79-66(71)72)63(107)89-46(30-52(97)98)60(104)86-44(23-15-27-82-69(77)78)59(103)93-54(37(4)6-2)64(108)94-33-40-19-11-10-18-39(40)29-49(94)62(106)87-43(22-14-26-81-68(75)76)57(101)91-48(35-112)65(109)110/h10-11,18-19,36-38,41-49,53-54,111-112H,5-9,12-17,20-35,70H2,1-4H3,(H,83,95)(H,84,100)(H,85,96)(H,86,104)(H,87,106)(H,88,105)(H,89,107)(H,90,99)(H,91,101)(H,92,102)(H,93,103)(H,97,98)(H,109,110)(H4,71,72,79)(H4,73,74,80)(H4,75,76,81)(H4,77,78,82). The Hall–Kier alpha value is -10.5. The van der Waals surface area contributed by atoms with E-state index in [4.69, 9.17) is 51.6 Å². The minimum Gasteiger partial charge on any atom is -0.481 e. The molecule has 0 aromatic heterocycles. The van der Waals surface area contributed by atoms with Crippen LogP contribution in [0.5, 0.6) is 0 Å². The molecular weight excluding hydrogens is 1500 g/mol. The number of thiol groups is 2. The zero-order valence-corrected chi connectivity index (χ0v) is 65.7. The second-order valence-electron chi connectivity index (χ2n) is 27.6. The van der Waals surface area contributed by atoms with Crippen LogP contribution in [0.25, 0.3) is 0 Å². The molecule has 1 aromatic rings. The molecule has 43 heteroatoms. The van der Waals surface area contributed by atoms with Gasteiger partial charge in [0.2, 0.25) is 70.9 Å². The van der Waals surface area contributed by atoms with Crippen molar-refractivity contribution in [3.8, 4) is 0 Å². The Bertz CT molecular complexity index is 3480. The Balaban J connectivity index is 1.90. The minimum atomic E-state index is -1.97. The molecule has 13 unspecified atom stereocenters. The van der Waals surface area contributed by atoms with Crippen LogP contribution in [0, 0.1) is 17.8 Å². The van der Waals surface area contributed by atoms with Crippen LogP contribution in [0.15, 0.2) is 44.2 Å². The molecule has 1 heterocycles. The van der Waals surface area contributed by atoms with Gasteiger partial charge in [0.25, 0.3) is 0 Å². The third kappa shape index (κ3) is 34.8. The van der Waals surface area contributed by atoms with Crippen LogP contribution in [0.4, 0.5) is 0 Å². The number of carboxylic acid groups (broad SMARTS) is 2. The first kappa shape index (κ1) is 95.7. The van der Waals surface area contributed by atoms with Crippen molar-refractivity contribution in [1.82, 2.24) is 63.4 Å². The average molecular weight is 1620 g/mol. The van der Waals surface area contributed by atoms with E-state index in [1.54, 1.807) is 52.0 Å². The first-order valence-corrected chi connectivity index (χ1v) is 38.6. The van der Waals surface area contributed by atoms with Crippen LogP contribution >= 0.6 is 25.3 Å². The summed E-state index contributed by atoms with van der Waals surface area (Å²) in [4.78, 5) is 211. The third-order valence-corrected chi connectivity index (χ3v) is 19.6. The highest BCUT2D eigenvalue weighted by Crippen LogP contribution is 2.29. The molecule has 2 aliphatic rings. The Kier molecular flexibility index (Phi) is 43.1. The van der Waals surface area contributed by atoms with E-state index in [1.165, 1.54) is 4.90 Å². The van der Waals surface area contributed by atoms with Crippen LogP contribution in [-0.4, -0.2) is 239 Å². The predicted octanol–water partition coefficient (Wildman–Crippen LogP) is -6.44. The summed E-state index contributed by atoms with van der Waals surface area (Å²) in [6.07, 6.45) is 4.04. The van der Waals surface area contributed by atoms with Crippen molar-refractivity contribution in [2.75, 3.05) is 50.8 Å². The smallest absolute Gasteiger partial charge is 0.327 e. The zero-order chi connectivity index (χ0) is 83.7. The maximum Gasteiger partial charge on any atom is 0.327 e. The number of nitrogens with two attached hydrogens (primary N) is 9. The first-order chi connectivity index (χ1) is 53.0. The molecule has 0 saturated heterocycles. The predicted molar refractivity (Wildman–Crippen MR) is 423 cm³/mol. The second kappa shape index (κ2) is 50.4. The highest BCUT2D eigenvalue weighted by atomic mass is 32.1. The molecule has 41 nitrogen and oxygen atoms in total. The van der Waals surface area contributed by atoms with Gasteiger partial charge in [0.15, 0.2) is 23.8 Å². The lowest BCUT2D eigenvalue weighted by molar-refractivity contribution is -0.147. The first-order valence-electron chi connectivity index (χ1n) is 37.3. The number of aliphatic carboxylic acids is 2. The largest absolute Gasteiger partial charge is 0.481 e. The molecule has 626 valence electrons. The van der Waals surface area contributed by atoms with Gasteiger partial charge in [0, 0.05) is 50.7 Å². The Labute approximate surface area is 661 Å². The van der Waals surface area contributed by atoms with Crippen molar-refractivity contribution in [3.63, 3.8) is 0 Å². The summed E-state index contributed by atoms with van der Waals surface area (Å²) in [6, 6.07) is -8.67. The van der Waals surface area contributed by atoms with Crippen LogP contribution < -0.4 is 110 Å². The number of fused-ring (bicyclic) bond motifs is 1. The average Bonchev–Trinajstić information content (AvgIpc) is 0.781. The summed E-state index contributed by atoms with van der Waals surface area (Å²) < 4.78 is 0. The van der Waals surface area contributed by atoms with E-state index < -0.39 is 181 Å². The molecule has 13 atom stereocenters. The lowest BCUT2D eigenvalue weighted by Crippen LogP contribution is -2.63. The molecule has 112 heavy (non-hydrogen) atoms. The minimum absolute atomic E-state index is 0.00677. The number of nitrogens with zero attached hydrogens (tertiary/aromatic N) is 5. The number of amides is 12. The number of carbonyl (C=O) groups is 14. The molecule has 1 aliphatic heterocycles. The Morgan fingerprint density at radius 2 is 0.911 bits per heavy atom. The van der Waals surface area contributed by atoms with Gasteiger partial charge in [-0.1, -0.05) is 96.9 Å². The Morgan fingerprint density at radius 1 is 0.482 bits per heavy atom. The van der Waals surface area contributed by atoms with Gasteiger partial charge in [-0.25, -0.2) is 4.79 Å². The quantitative estimate of drug-likeness (QED) is 0.0125. The monoisotopic (exact) mass is 1620 g/mol. The lowest BCUT2D eigenvalue weighted by Gasteiger charge is -2.40. The van der Waals surface area contributed by atoms with Crippen molar-refractivity contribution in [2.45, 2.75) is 216 Å². The van der Waals surface area contributed by atoms with E-state index in [0.717, 1.165) is 32.1 Å². The summed E-state index contributed by atoms with van der Waals surface area (Å²) >= 11 is 8.29. The lowest BCUT2D eigenvalue weighted by atomic mass is 9.84. The van der Waals surface area contributed by atoms with Gasteiger partial charge in [-0.15, -0.1) is 0 Å². The summed E-state index contributed by atoms with van der Waals surface area (Å²) in [5, 5.41) is 47.9. The van der Waals surface area contributed by atoms with E-state index >= 15 is 4.79 Å². The summed E-state index contributed by atoms with van der Waals surface area (Å²) in [5.41, 5.74) is 51.4. The second-order valence-corrected chi connectivity index (χ2v) is 28.4. The van der Waals surface area contributed by atoms with Gasteiger partial charge in [-0.3, -0.25) is 82.3 Å². The molecule has 1 aromatic carbocycles. The van der Waals surface area contributed by atoms with Gasteiger partial charge in [0.1, 0.15) is 60.4 Å². The number of hydrogen-bond acceptors (Lipinski definition) is 21. The maximum absolute atomic E-state index is 15.3. The molecule has 3 rings (SSSR count). The van der Waals surface area contributed by atoms with E-state index in [0.29, 0.717) is 17.5 Å². The van der Waals surface area contributed by atoms with Gasteiger partial charge in [0.05, 0.1) is 25.6 Å². The van der Waals surface area contributed by atoms with E-state index in [2.05, 4.69) is 104 Å². The van der Waals surface area contributed by atoms with Gasteiger partial charge < -0.3 is 125 Å². The number of guanidine groups is 4. The molecule has 0 bridgehead atoms. The van der Waals surface area contributed by atoms with Crippen molar-refractivity contribution >= 4 is 132 Å². The van der Waals surface area contributed by atoms with E-state index in [-0.39, 0.29) is 145 Å². The highest BCUT2D eigenvalue weighted by Gasteiger charge is 2.43. The molecule has 0 spiro atoms. The normalized spacial score (nSPS) is 16.4. The summed E-state index contributed by atoms with van der Waals surface area (Å²) in [6.45, 7) is 5.11. The SMILES string of the molecule is CCC(C)C(NC(=O)C(CCCN=C(N)N)NC(=O)CNC(=O)CNC(=O)C(CC1CCCCC1)NC(=O)C(CS)NC(=O)C(N)CCCN=C(N)N)C(=O)NC(CC(=O)O)C(=O)NC(CCCN=C(N)N)C(=O)NC(C(=O)N1Cc2ccccc2CC1C(=O)NC(CCCN=C(N)N)C(=O)NC(CS)C(=O)O)C(C)CC. The van der Waals surface area contributed by atoms with Gasteiger partial charge in [-0.2, -0.15) is 25.3 Å². The number of carbonyl (C=O) groups excluding carboxylic acids is 12. The van der Waals surface area contributed by atoms with E-state index in [1.807, 2.05) is 0 Å². The number of aliphatic imine (C=N–C) groups is 4. The number of nitrogens with one attached hydrogen (secondary N) is 11. The van der Waals surface area contributed by atoms with Gasteiger partial charge >= 0.3 is 11.9 Å². The Morgan fingerprint density at radius 3 is 1.42 bits per heavy atom. The van der Waals surface area contributed by atoms with Crippen molar-refractivity contribution < 1.29 is 77.3 Å². The van der Waals surface area contributed by atoms with Crippen LogP contribution in [0.2, 0.25) is 0 Å². The molecule has 31 N–H and O–H groups in total. The molecule has 1 saturated carbocycles. The highest BCUT2D eigenvalue weighted by molar-refractivity contribution is 7.80. The fourth-order valence-electron chi connectivity index (χ4n) is 12.2. The fraction of sp³-hybridized carbons (Fsp3) is 0.652. The topological polar surface area (TPSA) is 699 Å². The van der Waals surface area contributed by atoms with Gasteiger partial charge in [-0.05, 0) is 86.7 Å². The van der Waals surface area contributed by atoms with Crippen molar-refractivity contribution in [2.24, 2.45) is 89.3 Å². The zero-order valence-electron chi connectivity index (χ0n) is 63.9. The molecular formula is C69H117N25O16S2. The van der Waals surface area contributed by atoms with Crippen molar-refractivity contribution in [1.29, 1.82) is 0 Å². The molecule has 12 amide bonds. The number of benzene rings is 1.